The van der Waals surface area contributed by atoms with Crippen LogP contribution >= 0.6 is 0 Å². The SMILES string of the molecule is Cc1c(C)c2c(C)cc3ccc(C)c4cc(C)c(c1C)c2c34. The third-order valence-corrected chi connectivity index (χ3v) is 5.64. The molecule has 0 atom stereocenters. The molecule has 0 saturated heterocycles. The van der Waals surface area contributed by atoms with Crippen LogP contribution in [-0.2, 0) is 0 Å². The second kappa shape index (κ2) is 4.23. The van der Waals surface area contributed by atoms with Crippen LogP contribution in [0.2, 0.25) is 0 Å². The Hall–Kier alpha value is -2.08. The monoisotopic (exact) mass is 286 g/mol. The minimum atomic E-state index is 1.37. The fourth-order valence-electron chi connectivity index (χ4n) is 4.31. The van der Waals surface area contributed by atoms with Gasteiger partial charge in [0.25, 0.3) is 0 Å². The summed E-state index contributed by atoms with van der Waals surface area (Å²) in [4.78, 5) is 0. The molecule has 0 heteroatoms. The molecule has 0 unspecified atom stereocenters. The van der Waals surface area contributed by atoms with Crippen LogP contribution in [0.4, 0.5) is 0 Å². The quantitative estimate of drug-likeness (QED) is 0.326. The van der Waals surface area contributed by atoms with E-state index in [1.165, 1.54) is 65.7 Å². The Kier molecular flexibility index (Phi) is 2.61. The molecule has 0 heterocycles. The van der Waals surface area contributed by atoms with E-state index >= 15 is 0 Å². The van der Waals surface area contributed by atoms with Crippen molar-refractivity contribution in [2.75, 3.05) is 0 Å². The van der Waals surface area contributed by atoms with Crippen molar-refractivity contribution in [3.05, 3.63) is 57.6 Å². The molecule has 0 nitrogen and oxygen atoms in total. The van der Waals surface area contributed by atoms with Gasteiger partial charge in [0, 0.05) is 0 Å². The van der Waals surface area contributed by atoms with E-state index in [1.807, 2.05) is 0 Å². The van der Waals surface area contributed by atoms with Gasteiger partial charge in [0.05, 0.1) is 0 Å². The van der Waals surface area contributed by atoms with E-state index < -0.39 is 0 Å². The van der Waals surface area contributed by atoms with Gasteiger partial charge in [-0.25, -0.2) is 0 Å². The van der Waals surface area contributed by atoms with Crippen LogP contribution in [-0.4, -0.2) is 0 Å². The first kappa shape index (κ1) is 13.6. The second-order valence-corrected chi connectivity index (χ2v) is 6.92. The molecule has 110 valence electrons. The Bertz CT molecular complexity index is 1040. The van der Waals surface area contributed by atoms with Gasteiger partial charge in [-0.05, 0) is 107 Å². The molecule has 0 spiro atoms. The van der Waals surface area contributed by atoms with Crippen LogP contribution in [0, 0.1) is 41.5 Å². The van der Waals surface area contributed by atoms with Crippen molar-refractivity contribution in [3.63, 3.8) is 0 Å². The highest BCUT2D eigenvalue weighted by atomic mass is 14.2. The third kappa shape index (κ3) is 1.48. The Morgan fingerprint density at radius 2 is 1.09 bits per heavy atom. The van der Waals surface area contributed by atoms with Crippen molar-refractivity contribution in [1.29, 1.82) is 0 Å². The van der Waals surface area contributed by atoms with Gasteiger partial charge < -0.3 is 0 Å². The molecule has 0 aliphatic heterocycles. The van der Waals surface area contributed by atoms with Crippen LogP contribution in [0.5, 0.6) is 0 Å². The predicted molar refractivity (Wildman–Crippen MR) is 98.6 cm³/mol. The summed E-state index contributed by atoms with van der Waals surface area (Å²) in [6.07, 6.45) is 0. The standard InChI is InChI=1S/C22H22/c1-11-7-8-17-9-12(2)19-15(5)14(4)16(6)20-13(3)10-18(11)21(17)22(19)20/h7-10H,1-6H3. The topological polar surface area (TPSA) is 0 Å². The fourth-order valence-corrected chi connectivity index (χ4v) is 4.31. The third-order valence-electron chi connectivity index (χ3n) is 5.64. The normalized spacial score (nSPS) is 12.1. The molecule has 0 amide bonds. The van der Waals surface area contributed by atoms with E-state index in [0.29, 0.717) is 0 Å². The molecule has 0 aliphatic rings. The smallest absolute Gasteiger partial charge is 0.00158 e. The Labute approximate surface area is 132 Å². The molecule has 0 aromatic heterocycles. The van der Waals surface area contributed by atoms with Gasteiger partial charge in [0.15, 0.2) is 0 Å². The van der Waals surface area contributed by atoms with Crippen molar-refractivity contribution >= 4 is 32.3 Å². The molecular formula is C22H22. The van der Waals surface area contributed by atoms with E-state index in [2.05, 4.69) is 65.8 Å². The summed E-state index contributed by atoms with van der Waals surface area (Å²) in [6.45, 7) is 13.6. The summed E-state index contributed by atoms with van der Waals surface area (Å²) in [5, 5.41) is 8.64. The summed E-state index contributed by atoms with van der Waals surface area (Å²) in [7, 11) is 0. The van der Waals surface area contributed by atoms with E-state index in [4.69, 9.17) is 0 Å². The number of aryl methyl sites for hydroxylation is 5. The highest BCUT2D eigenvalue weighted by Crippen LogP contribution is 2.43. The first-order valence-electron chi connectivity index (χ1n) is 8.07. The first-order chi connectivity index (χ1) is 10.4. The van der Waals surface area contributed by atoms with Crippen molar-refractivity contribution in [2.45, 2.75) is 41.5 Å². The van der Waals surface area contributed by atoms with E-state index in [1.54, 1.807) is 0 Å². The van der Waals surface area contributed by atoms with Gasteiger partial charge in [-0.15, -0.1) is 0 Å². The molecule has 4 rings (SSSR count). The number of rotatable bonds is 0. The lowest BCUT2D eigenvalue weighted by Crippen LogP contribution is -1.98. The van der Waals surface area contributed by atoms with Gasteiger partial charge >= 0.3 is 0 Å². The van der Waals surface area contributed by atoms with Crippen LogP contribution in [0.15, 0.2) is 24.3 Å². The molecule has 0 fully saturated rings. The maximum atomic E-state index is 2.39. The van der Waals surface area contributed by atoms with Gasteiger partial charge in [0.1, 0.15) is 0 Å². The summed E-state index contributed by atoms with van der Waals surface area (Å²) in [6, 6.07) is 9.28. The Morgan fingerprint density at radius 3 is 1.73 bits per heavy atom. The lowest BCUT2D eigenvalue weighted by molar-refractivity contribution is 1.30. The predicted octanol–water partition coefficient (Wildman–Crippen LogP) is 6.43. The molecule has 0 N–H and O–H groups in total. The molecular weight excluding hydrogens is 264 g/mol. The molecule has 0 saturated carbocycles. The van der Waals surface area contributed by atoms with E-state index in [0.717, 1.165) is 0 Å². The lowest BCUT2D eigenvalue weighted by Gasteiger charge is -2.21. The maximum absolute atomic E-state index is 2.39. The molecule has 22 heavy (non-hydrogen) atoms. The highest BCUT2D eigenvalue weighted by molar-refractivity contribution is 6.26. The van der Waals surface area contributed by atoms with Gasteiger partial charge in [0.2, 0.25) is 0 Å². The summed E-state index contributed by atoms with van der Waals surface area (Å²) in [5.74, 6) is 0. The molecule has 0 aliphatic carbocycles. The minimum absolute atomic E-state index is 1.37. The lowest BCUT2D eigenvalue weighted by atomic mass is 9.82. The van der Waals surface area contributed by atoms with Crippen LogP contribution in [0.1, 0.15) is 33.4 Å². The van der Waals surface area contributed by atoms with Crippen LogP contribution in [0.3, 0.4) is 0 Å². The van der Waals surface area contributed by atoms with E-state index in [-0.39, 0.29) is 0 Å². The Morgan fingerprint density at radius 1 is 0.500 bits per heavy atom. The highest BCUT2D eigenvalue weighted by Gasteiger charge is 2.18. The second-order valence-electron chi connectivity index (χ2n) is 6.92. The van der Waals surface area contributed by atoms with Crippen LogP contribution < -0.4 is 0 Å². The number of benzene rings is 4. The summed E-state index contributed by atoms with van der Waals surface area (Å²) >= 11 is 0. The van der Waals surface area contributed by atoms with Gasteiger partial charge in [-0.2, -0.15) is 0 Å². The van der Waals surface area contributed by atoms with Crippen molar-refractivity contribution in [1.82, 2.24) is 0 Å². The van der Waals surface area contributed by atoms with Crippen molar-refractivity contribution < 1.29 is 0 Å². The maximum Gasteiger partial charge on any atom is -0.00158 e. The van der Waals surface area contributed by atoms with Crippen molar-refractivity contribution in [2.24, 2.45) is 0 Å². The molecule has 0 radical (unpaired) electrons. The molecule has 4 aromatic carbocycles. The van der Waals surface area contributed by atoms with E-state index in [9.17, 15) is 0 Å². The number of hydrogen-bond acceptors (Lipinski definition) is 0. The average Bonchev–Trinajstić information content (AvgIpc) is 2.47. The summed E-state index contributed by atoms with van der Waals surface area (Å²) in [5.41, 5.74) is 8.50. The Balaban J connectivity index is 2.53. The molecule has 0 bridgehead atoms. The molecule has 4 aromatic rings. The first-order valence-corrected chi connectivity index (χ1v) is 8.07. The average molecular weight is 286 g/mol. The van der Waals surface area contributed by atoms with Gasteiger partial charge in [-0.3, -0.25) is 0 Å². The zero-order valence-electron chi connectivity index (χ0n) is 14.3. The fraction of sp³-hybridized carbons (Fsp3) is 0.273. The minimum Gasteiger partial charge on any atom is -0.0581 e. The van der Waals surface area contributed by atoms with Crippen molar-refractivity contribution in [3.8, 4) is 0 Å². The number of hydrogen-bond donors (Lipinski definition) is 0. The zero-order chi connectivity index (χ0) is 15.8. The zero-order valence-corrected chi connectivity index (χ0v) is 14.3. The van der Waals surface area contributed by atoms with Gasteiger partial charge in [-0.1, -0.05) is 24.3 Å². The summed E-state index contributed by atoms with van der Waals surface area (Å²) < 4.78 is 0. The van der Waals surface area contributed by atoms with Crippen LogP contribution in [0.25, 0.3) is 32.3 Å². The largest absolute Gasteiger partial charge is 0.0581 e.